The van der Waals surface area contributed by atoms with Crippen LogP contribution in [0.5, 0.6) is 0 Å². The van der Waals surface area contributed by atoms with Gasteiger partial charge in [0, 0.05) is 26.6 Å². The van der Waals surface area contributed by atoms with Crippen LogP contribution in [0.3, 0.4) is 0 Å². The molecule has 0 saturated carbocycles. The fourth-order valence-electron chi connectivity index (χ4n) is 2.94. The molecule has 164 valence electrons. The second-order valence-electron chi connectivity index (χ2n) is 7.74. The minimum atomic E-state index is -3.52. The number of sulfonamides is 1. The summed E-state index contributed by atoms with van der Waals surface area (Å²) < 4.78 is 33.8. The lowest BCUT2D eigenvalue weighted by Gasteiger charge is -2.12. The molecule has 3 aromatic rings. The van der Waals surface area contributed by atoms with E-state index in [1.807, 2.05) is 26.8 Å². The Hall–Kier alpha value is -1.91. The Balaban J connectivity index is 1.99. The average Bonchev–Trinajstić information content (AvgIpc) is 3.31. The van der Waals surface area contributed by atoms with Gasteiger partial charge in [-0.3, -0.25) is 0 Å². The van der Waals surface area contributed by atoms with Crippen molar-refractivity contribution in [2.75, 3.05) is 14.1 Å². The number of aromatic nitrogens is 4. The Kier molecular flexibility index (Phi) is 6.88. The van der Waals surface area contributed by atoms with Crippen LogP contribution >= 0.6 is 11.8 Å². The zero-order valence-electron chi connectivity index (χ0n) is 18.3. The summed E-state index contributed by atoms with van der Waals surface area (Å²) in [5.74, 6) is 1.45. The van der Waals surface area contributed by atoms with Gasteiger partial charge in [-0.1, -0.05) is 44.1 Å². The fourth-order valence-corrected chi connectivity index (χ4v) is 4.84. The van der Waals surface area contributed by atoms with Crippen molar-refractivity contribution in [3.63, 3.8) is 0 Å². The van der Waals surface area contributed by atoms with E-state index in [2.05, 4.69) is 21.6 Å². The van der Waals surface area contributed by atoms with E-state index in [9.17, 15) is 8.42 Å². The monoisotopic (exact) mass is 451 g/mol. The van der Waals surface area contributed by atoms with Crippen molar-refractivity contribution in [1.82, 2.24) is 24.0 Å². The van der Waals surface area contributed by atoms with Gasteiger partial charge in [-0.05, 0) is 31.5 Å². The molecule has 1 aromatic carbocycles. The topological polar surface area (TPSA) is 94.1 Å². The fraction of sp³-hybridized carbons (Fsp3) is 0.550. The first-order valence-corrected chi connectivity index (χ1v) is 12.4. The second kappa shape index (κ2) is 9.07. The van der Waals surface area contributed by atoms with E-state index in [0.29, 0.717) is 17.2 Å². The molecular weight excluding hydrogens is 422 g/mol. The molecule has 8 nitrogen and oxygen atoms in total. The van der Waals surface area contributed by atoms with Gasteiger partial charge in [0.25, 0.3) is 0 Å². The van der Waals surface area contributed by atoms with Crippen molar-refractivity contribution in [2.24, 2.45) is 0 Å². The molecule has 0 aliphatic heterocycles. The van der Waals surface area contributed by atoms with Crippen LogP contribution in [-0.4, -0.2) is 46.5 Å². The van der Waals surface area contributed by atoms with E-state index in [-0.39, 0.29) is 16.1 Å². The van der Waals surface area contributed by atoms with Crippen LogP contribution in [0.1, 0.15) is 63.4 Å². The summed E-state index contributed by atoms with van der Waals surface area (Å²) in [6.07, 6.45) is 2.05. The lowest BCUT2D eigenvalue weighted by molar-refractivity contribution is 0.373. The normalized spacial score (nSPS) is 13.6. The second-order valence-corrected chi connectivity index (χ2v) is 11.2. The quantitative estimate of drug-likeness (QED) is 0.444. The summed E-state index contributed by atoms with van der Waals surface area (Å²) in [6.45, 7) is 9.00. The van der Waals surface area contributed by atoms with Gasteiger partial charge >= 0.3 is 0 Å². The number of nitrogens with zero attached hydrogens (tertiary/aromatic N) is 5. The van der Waals surface area contributed by atoms with E-state index in [1.165, 1.54) is 30.2 Å². The van der Waals surface area contributed by atoms with Crippen LogP contribution in [0.25, 0.3) is 11.0 Å². The van der Waals surface area contributed by atoms with Gasteiger partial charge in [0.05, 0.1) is 21.2 Å². The van der Waals surface area contributed by atoms with Crippen molar-refractivity contribution in [2.45, 2.75) is 68.3 Å². The van der Waals surface area contributed by atoms with E-state index in [0.717, 1.165) is 30.1 Å². The minimum Gasteiger partial charge on any atom is -0.338 e. The summed E-state index contributed by atoms with van der Waals surface area (Å²) in [7, 11) is -0.464. The molecule has 0 fully saturated rings. The van der Waals surface area contributed by atoms with Gasteiger partial charge in [-0.2, -0.15) is 4.98 Å². The van der Waals surface area contributed by atoms with Crippen molar-refractivity contribution in [3.8, 4) is 0 Å². The number of benzene rings is 1. The Labute approximate surface area is 182 Å². The van der Waals surface area contributed by atoms with Gasteiger partial charge in [0.2, 0.25) is 15.9 Å². The number of thioether (sulfide) groups is 1. The van der Waals surface area contributed by atoms with Crippen molar-refractivity contribution < 1.29 is 12.9 Å². The van der Waals surface area contributed by atoms with Crippen LogP contribution in [0.15, 0.2) is 32.8 Å². The van der Waals surface area contributed by atoms with Gasteiger partial charge in [-0.25, -0.2) is 17.7 Å². The van der Waals surface area contributed by atoms with Crippen molar-refractivity contribution in [1.29, 1.82) is 0 Å². The van der Waals surface area contributed by atoms with Crippen LogP contribution in [0.4, 0.5) is 0 Å². The summed E-state index contributed by atoms with van der Waals surface area (Å²) in [6, 6.07) is 5.13. The molecule has 0 bridgehead atoms. The molecule has 1 unspecified atom stereocenters. The van der Waals surface area contributed by atoms with E-state index in [1.54, 1.807) is 12.1 Å². The SMILES string of the molecule is CCCCn1c(SC(C)c2nc(C(C)C)no2)nc2cc(S(=O)(=O)N(C)C)ccc21. The predicted molar refractivity (Wildman–Crippen MR) is 118 cm³/mol. The maximum Gasteiger partial charge on any atom is 0.242 e. The molecule has 0 amide bonds. The maximum absolute atomic E-state index is 12.5. The number of rotatable bonds is 9. The number of hydrogen-bond acceptors (Lipinski definition) is 7. The third kappa shape index (κ3) is 4.55. The third-order valence-corrected chi connectivity index (χ3v) is 7.69. The van der Waals surface area contributed by atoms with E-state index < -0.39 is 10.0 Å². The number of unbranched alkanes of at least 4 members (excludes halogenated alkanes) is 1. The highest BCUT2D eigenvalue weighted by molar-refractivity contribution is 7.99. The smallest absolute Gasteiger partial charge is 0.242 e. The van der Waals surface area contributed by atoms with Crippen LogP contribution in [-0.2, 0) is 16.6 Å². The Morgan fingerprint density at radius 2 is 1.93 bits per heavy atom. The Morgan fingerprint density at radius 1 is 1.20 bits per heavy atom. The van der Waals surface area contributed by atoms with Gasteiger partial charge in [0.15, 0.2) is 11.0 Å². The largest absolute Gasteiger partial charge is 0.338 e. The Morgan fingerprint density at radius 3 is 2.53 bits per heavy atom. The number of fused-ring (bicyclic) bond motifs is 1. The molecule has 0 aliphatic rings. The first-order chi connectivity index (χ1) is 14.1. The number of imidazole rings is 1. The van der Waals surface area contributed by atoms with Crippen molar-refractivity contribution >= 4 is 32.8 Å². The number of aryl methyl sites for hydroxylation is 1. The molecule has 0 aliphatic carbocycles. The minimum absolute atomic E-state index is 0.0767. The molecule has 0 N–H and O–H groups in total. The lowest BCUT2D eigenvalue weighted by atomic mass is 10.2. The molecule has 1 atom stereocenters. The number of hydrogen-bond donors (Lipinski definition) is 0. The molecule has 0 radical (unpaired) electrons. The predicted octanol–water partition coefficient (Wildman–Crippen LogP) is 4.45. The highest BCUT2D eigenvalue weighted by atomic mass is 32.2. The molecule has 0 spiro atoms. The lowest BCUT2D eigenvalue weighted by Crippen LogP contribution is -2.22. The third-order valence-electron chi connectivity index (χ3n) is 4.80. The summed E-state index contributed by atoms with van der Waals surface area (Å²) in [5.41, 5.74) is 1.58. The summed E-state index contributed by atoms with van der Waals surface area (Å²) >= 11 is 1.54. The standard InChI is InChI=1S/C20H29N5O3S2/c1-7-8-11-25-17-10-9-15(30(26,27)24(5)6)12-16(17)21-20(25)29-14(4)19-22-18(13(2)3)23-28-19/h9-10,12-14H,7-8,11H2,1-6H3. The van der Waals surface area contributed by atoms with Crippen LogP contribution in [0.2, 0.25) is 0 Å². The van der Waals surface area contributed by atoms with Crippen molar-refractivity contribution in [3.05, 3.63) is 29.9 Å². The molecule has 3 rings (SSSR count). The summed E-state index contributed by atoms with van der Waals surface area (Å²) in [4.78, 5) is 9.50. The van der Waals surface area contributed by atoms with Crippen LogP contribution in [0, 0.1) is 0 Å². The van der Waals surface area contributed by atoms with E-state index >= 15 is 0 Å². The van der Waals surface area contributed by atoms with Crippen LogP contribution < -0.4 is 0 Å². The highest BCUT2D eigenvalue weighted by Crippen LogP contribution is 2.36. The molecule has 30 heavy (non-hydrogen) atoms. The zero-order valence-corrected chi connectivity index (χ0v) is 19.9. The first-order valence-electron chi connectivity index (χ1n) is 10.1. The van der Waals surface area contributed by atoms with E-state index in [4.69, 9.17) is 9.51 Å². The molecular formula is C20H29N5O3S2. The zero-order chi connectivity index (χ0) is 22.1. The first kappa shape index (κ1) is 22.8. The molecule has 0 saturated heterocycles. The maximum atomic E-state index is 12.5. The molecule has 2 aromatic heterocycles. The highest BCUT2D eigenvalue weighted by Gasteiger charge is 2.23. The molecule has 10 heteroatoms. The molecule has 2 heterocycles. The van der Waals surface area contributed by atoms with Gasteiger partial charge in [0.1, 0.15) is 0 Å². The average molecular weight is 452 g/mol. The van der Waals surface area contributed by atoms with Gasteiger partial charge in [-0.15, -0.1) is 0 Å². The summed E-state index contributed by atoms with van der Waals surface area (Å²) in [5, 5.41) is 4.79. The Bertz CT molecular complexity index is 1120. The van der Waals surface area contributed by atoms with Gasteiger partial charge < -0.3 is 9.09 Å².